The summed E-state index contributed by atoms with van der Waals surface area (Å²) in [6.45, 7) is 7.54. The maximum absolute atomic E-state index is 13.0. The number of amides is 1. The van der Waals surface area contributed by atoms with Crippen LogP contribution in [-0.4, -0.2) is 85.5 Å². The van der Waals surface area contributed by atoms with Crippen molar-refractivity contribution in [3.8, 4) is 5.75 Å². The molecule has 0 spiro atoms. The smallest absolute Gasteiger partial charge is 0.239 e. The summed E-state index contributed by atoms with van der Waals surface area (Å²) < 4.78 is 23.6. The first-order valence-electron chi connectivity index (χ1n) is 9.59. The zero-order valence-corrected chi connectivity index (χ0v) is 16.9. The average molecular weight is 396 g/mol. The molecule has 2 heterocycles. The van der Waals surface area contributed by atoms with Gasteiger partial charge in [-0.15, -0.1) is 0 Å². The molecule has 1 N–H and O–H groups in total. The fraction of sp³-hybridized carbons (Fsp3) is 0.632. The molecular formula is C19H29N3O4S. The molecule has 0 unspecified atom stereocenters. The Morgan fingerprint density at radius 2 is 1.85 bits per heavy atom. The van der Waals surface area contributed by atoms with Crippen molar-refractivity contribution in [2.24, 2.45) is 0 Å². The molecule has 0 aliphatic carbocycles. The number of carbonyl (C=O) groups is 1. The third kappa shape index (κ3) is 4.55. The van der Waals surface area contributed by atoms with Crippen LogP contribution >= 0.6 is 0 Å². The number of phenolic OH excluding ortho intramolecular Hbond substituents is 1. The van der Waals surface area contributed by atoms with Gasteiger partial charge in [-0.1, -0.05) is 0 Å². The Bertz CT molecular complexity index is 758. The van der Waals surface area contributed by atoms with E-state index in [2.05, 4.69) is 9.80 Å². The molecule has 0 saturated carbocycles. The zero-order chi connectivity index (χ0) is 19.6. The molecule has 2 saturated heterocycles. The highest BCUT2D eigenvalue weighted by Crippen LogP contribution is 2.22. The molecule has 27 heavy (non-hydrogen) atoms. The zero-order valence-electron chi connectivity index (χ0n) is 16.0. The van der Waals surface area contributed by atoms with E-state index in [1.54, 1.807) is 17.0 Å². The van der Waals surface area contributed by atoms with Gasteiger partial charge in [-0.05, 0) is 44.5 Å². The van der Waals surface area contributed by atoms with Gasteiger partial charge in [-0.25, -0.2) is 8.42 Å². The van der Waals surface area contributed by atoms with Crippen LogP contribution in [0.1, 0.15) is 20.3 Å². The second-order valence-corrected chi connectivity index (χ2v) is 9.63. The van der Waals surface area contributed by atoms with E-state index in [9.17, 15) is 18.3 Å². The van der Waals surface area contributed by atoms with Crippen molar-refractivity contribution in [3.63, 3.8) is 0 Å². The van der Waals surface area contributed by atoms with Crippen LogP contribution in [0.4, 0.5) is 5.69 Å². The Morgan fingerprint density at radius 3 is 2.37 bits per heavy atom. The second-order valence-electron chi connectivity index (χ2n) is 7.40. The van der Waals surface area contributed by atoms with Crippen molar-refractivity contribution in [2.45, 2.75) is 32.4 Å². The fourth-order valence-corrected chi connectivity index (χ4v) is 5.77. The third-order valence-electron chi connectivity index (χ3n) is 5.71. The monoisotopic (exact) mass is 395 g/mol. The maximum Gasteiger partial charge on any atom is 0.239 e. The number of rotatable bonds is 5. The Morgan fingerprint density at radius 1 is 1.22 bits per heavy atom. The van der Waals surface area contributed by atoms with Gasteiger partial charge >= 0.3 is 0 Å². The largest absolute Gasteiger partial charge is 0.508 e. The van der Waals surface area contributed by atoms with E-state index in [0.717, 1.165) is 31.9 Å². The van der Waals surface area contributed by atoms with Crippen LogP contribution in [0.5, 0.6) is 5.75 Å². The van der Waals surface area contributed by atoms with Crippen LogP contribution in [0, 0.1) is 0 Å². The van der Waals surface area contributed by atoms with Crippen LogP contribution in [0.2, 0.25) is 0 Å². The van der Waals surface area contributed by atoms with Crippen LogP contribution in [0.15, 0.2) is 24.3 Å². The summed E-state index contributed by atoms with van der Waals surface area (Å²) in [6.07, 6.45) is 0.545. The lowest BCUT2D eigenvalue weighted by molar-refractivity contribution is -0.138. The topological polar surface area (TPSA) is 81.2 Å². The fourth-order valence-electron chi connectivity index (χ4n) is 4.04. The highest BCUT2D eigenvalue weighted by molar-refractivity contribution is 7.91. The quantitative estimate of drug-likeness (QED) is 0.799. The number of anilines is 1. The molecule has 2 aliphatic heterocycles. The molecule has 1 aromatic rings. The first kappa shape index (κ1) is 19.9. The summed E-state index contributed by atoms with van der Waals surface area (Å²) in [5.41, 5.74) is 1.07. The van der Waals surface area contributed by atoms with Gasteiger partial charge in [0, 0.05) is 44.5 Å². The van der Waals surface area contributed by atoms with Gasteiger partial charge in [0.2, 0.25) is 5.91 Å². The van der Waals surface area contributed by atoms with Crippen LogP contribution in [0.3, 0.4) is 0 Å². The van der Waals surface area contributed by atoms with Gasteiger partial charge < -0.3 is 14.9 Å². The number of carbonyl (C=O) groups excluding carboxylic acids is 1. The molecule has 2 atom stereocenters. The van der Waals surface area contributed by atoms with Crippen molar-refractivity contribution < 1.29 is 18.3 Å². The Balaban J connectivity index is 1.58. The minimum absolute atomic E-state index is 0.0256. The molecule has 0 radical (unpaired) electrons. The highest BCUT2D eigenvalue weighted by Gasteiger charge is 2.37. The Kier molecular flexibility index (Phi) is 5.95. The lowest BCUT2D eigenvalue weighted by Crippen LogP contribution is -2.56. The molecule has 2 aliphatic rings. The Hall–Kier alpha value is -1.80. The maximum atomic E-state index is 13.0. The molecule has 1 amide bonds. The van der Waals surface area contributed by atoms with Crippen molar-refractivity contribution in [1.29, 1.82) is 0 Å². The van der Waals surface area contributed by atoms with E-state index >= 15 is 0 Å². The van der Waals surface area contributed by atoms with Crippen molar-refractivity contribution in [2.75, 3.05) is 49.1 Å². The molecule has 150 valence electrons. The molecule has 0 aromatic heterocycles. The number of likely N-dealkylation sites (N-methyl/N-ethyl adjacent to an activating group) is 1. The molecule has 7 nitrogen and oxygen atoms in total. The normalized spacial score (nSPS) is 23.9. The van der Waals surface area contributed by atoms with Crippen LogP contribution < -0.4 is 4.90 Å². The highest BCUT2D eigenvalue weighted by atomic mass is 32.2. The summed E-state index contributed by atoms with van der Waals surface area (Å²) >= 11 is 0. The van der Waals surface area contributed by atoms with E-state index in [4.69, 9.17) is 0 Å². The first-order valence-corrected chi connectivity index (χ1v) is 11.4. The lowest BCUT2D eigenvalue weighted by Gasteiger charge is -2.40. The van der Waals surface area contributed by atoms with Gasteiger partial charge in [0.25, 0.3) is 0 Å². The predicted octanol–water partition coefficient (Wildman–Crippen LogP) is 0.938. The number of nitrogens with zero attached hydrogens (tertiary/aromatic N) is 3. The molecular weight excluding hydrogens is 366 g/mol. The van der Waals surface area contributed by atoms with Crippen LogP contribution in [0.25, 0.3) is 0 Å². The van der Waals surface area contributed by atoms with Gasteiger partial charge in [0.15, 0.2) is 9.84 Å². The van der Waals surface area contributed by atoms with Crippen molar-refractivity contribution in [1.82, 2.24) is 9.80 Å². The summed E-state index contributed by atoms with van der Waals surface area (Å²) in [5, 5.41) is 9.42. The molecule has 1 aromatic carbocycles. The summed E-state index contributed by atoms with van der Waals surface area (Å²) in [7, 11) is -3.01. The molecule has 2 fully saturated rings. The van der Waals surface area contributed by atoms with E-state index in [1.165, 1.54) is 0 Å². The van der Waals surface area contributed by atoms with E-state index in [0.29, 0.717) is 13.0 Å². The minimum atomic E-state index is -3.01. The standard InChI is InChI=1S/C19H29N3O4S/c1-3-22(17-8-13-27(25,26)14-17)19(24)15(2)20-9-11-21(12-10-20)16-4-6-18(23)7-5-16/h4-7,15,17,23H,3,8-14H2,1-2H3/t15-,17-/m1/s1. The number of hydrogen-bond acceptors (Lipinski definition) is 6. The third-order valence-corrected chi connectivity index (χ3v) is 7.46. The van der Waals surface area contributed by atoms with Crippen LogP contribution in [-0.2, 0) is 14.6 Å². The SMILES string of the molecule is CCN(C(=O)[C@@H](C)N1CCN(c2ccc(O)cc2)CC1)[C@@H]1CCS(=O)(=O)C1. The lowest BCUT2D eigenvalue weighted by atomic mass is 10.1. The van der Waals surface area contributed by atoms with E-state index in [-0.39, 0.29) is 35.2 Å². The number of phenols is 1. The van der Waals surface area contributed by atoms with Gasteiger partial charge in [-0.2, -0.15) is 0 Å². The first-order chi connectivity index (χ1) is 12.8. The number of benzene rings is 1. The number of aromatic hydroxyl groups is 1. The number of sulfone groups is 1. The second kappa shape index (κ2) is 8.06. The Labute approximate surface area is 161 Å². The summed E-state index contributed by atoms with van der Waals surface area (Å²) in [4.78, 5) is 19.2. The van der Waals surface area contributed by atoms with Gasteiger partial charge in [-0.3, -0.25) is 9.69 Å². The van der Waals surface area contributed by atoms with Gasteiger partial charge in [0.1, 0.15) is 5.75 Å². The van der Waals surface area contributed by atoms with Gasteiger partial charge in [0.05, 0.1) is 17.5 Å². The number of hydrogen-bond donors (Lipinski definition) is 1. The molecule has 8 heteroatoms. The molecule has 3 rings (SSSR count). The minimum Gasteiger partial charge on any atom is -0.508 e. The van der Waals surface area contributed by atoms with E-state index < -0.39 is 9.84 Å². The predicted molar refractivity (Wildman–Crippen MR) is 106 cm³/mol. The average Bonchev–Trinajstić information content (AvgIpc) is 3.02. The van der Waals surface area contributed by atoms with Crippen molar-refractivity contribution >= 4 is 21.4 Å². The summed E-state index contributed by atoms with van der Waals surface area (Å²) in [6, 6.07) is 6.73. The number of piperazine rings is 1. The molecule has 0 bridgehead atoms. The summed E-state index contributed by atoms with van der Waals surface area (Å²) in [5.74, 6) is 0.553. The van der Waals surface area contributed by atoms with Crippen molar-refractivity contribution in [3.05, 3.63) is 24.3 Å². The van der Waals surface area contributed by atoms with E-state index in [1.807, 2.05) is 26.0 Å².